The molecule has 3 rings (SSSR count). The van der Waals surface area contributed by atoms with Crippen LogP contribution in [0.1, 0.15) is 11.1 Å². The molecular formula is C18H21N4O2S2+. The second kappa shape index (κ2) is 7.45. The molecule has 0 aliphatic heterocycles. The van der Waals surface area contributed by atoms with E-state index in [-0.39, 0.29) is 4.90 Å². The third kappa shape index (κ3) is 3.72. The van der Waals surface area contributed by atoms with Crippen molar-refractivity contribution in [1.29, 1.82) is 0 Å². The van der Waals surface area contributed by atoms with Crippen LogP contribution in [0.5, 0.6) is 0 Å². The van der Waals surface area contributed by atoms with Crippen molar-refractivity contribution in [2.24, 2.45) is 0 Å². The first kappa shape index (κ1) is 18.4. The Morgan fingerprint density at radius 3 is 2.58 bits per heavy atom. The highest BCUT2D eigenvalue weighted by Gasteiger charge is 2.18. The molecule has 0 bridgehead atoms. The van der Waals surface area contributed by atoms with Gasteiger partial charge in [0.2, 0.25) is 5.11 Å². The number of nitrogens with one attached hydrogen (secondary N) is 2. The summed E-state index contributed by atoms with van der Waals surface area (Å²) < 4.78 is 27.3. The normalized spacial score (nSPS) is 11.5. The quantitative estimate of drug-likeness (QED) is 0.453. The van der Waals surface area contributed by atoms with Gasteiger partial charge >= 0.3 is 0 Å². The summed E-state index contributed by atoms with van der Waals surface area (Å²) in [7, 11) is -3.63. The third-order valence-corrected chi connectivity index (χ3v) is 6.15. The topological polar surface area (TPSA) is 90.8 Å². The second-order valence-corrected chi connectivity index (χ2v) is 8.23. The Balaban J connectivity index is 1.92. The van der Waals surface area contributed by atoms with Crippen LogP contribution in [-0.2, 0) is 16.4 Å². The van der Waals surface area contributed by atoms with E-state index in [0.717, 1.165) is 16.5 Å². The third-order valence-electron chi connectivity index (χ3n) is 4.16. The highest BCUT2D eigenvalue weighted by molar-refractivity contribution is 7.90. The van der Waals surface area contributed by atoms with Crippen molar-refractivity contribution >= 4 is 38.3 Å². The molecule has 0 saturated heterocycles. The largest absolute Gasteiger partial charge is 0.359 e. The van der Waals surface area contributed by atoms with Gasteiger partial charge in [0.1, 0.15) is 0 Å². The zero-order chi connectivity index (χ0) is 18.7. The van der Waals surface area contributed by atoms with Crippen molar-refractivity contribution in [1.82, 2.24) is 14.7 Å². The average Bonchev–Trinajstić information content (AvgIpc) is 3.06. The number of thiocarbonyl (C=S) groups is 1. The predicted molar refractivity (Wildman–Crippen MR) is 106 cm³/mol. The van der Waals surface area contributed by atoms with Gasteiger partial charge in [-0.1, -0.05) is 29.8 Å². The Kier molecular flexibility index (Phi) is 5.26. The fourth-order valence-electron chi connectivity index (χ4n) is 2.72. The van der Waals surface area contributed by atoms with Crippen molar-refractivity contribution in [2.75, 3.05) is 6.54 Å². The molecule has 1 aromatic heterocycles. The molecule has 0 saturated carbocycles. The fourth-order valence-corrected chi connectivity index (χ4v) is 4.17. The minimum atomic E-state index is -3.63. The molecular weight excluding hydrogens is 368 g/mol. The molecule has 0 aliphatic carbocycles. The van der Waals surface area contributed by atoms with Gasteiger partial charge in [-0.25, -0.2) is 17.8 Å². The standard InChI is InChI=1S/C18H20N4O2S2/c1-13-2-6-16(7-3-13)26(23,24)22-11-9-15-5-4-14(12-17(15)22)8-10-20-18(25)21-19/h2-7,9,11-12H,8,10,19H2,1H3,(H2,20,21,25)/p+1. The van der Waals surface area contributed by atoms with Crippen molar-refractivity contribution in [3.8, 4) is 0 Å². The van der Waals surface area contributed by atoms with Gasteiger partial charge in [-0.3, -0.25) is 5.84 Å². The minimum Gasteiger partial charge on any atom is -0.359 e. The zero-order valence-corrected chi connectivity index (χ0v) is 16.0. The van der Waals surface area contributed by atoms with E-state index in [1.54, 1.807) is 30.5 Å². The predicted octanol–water partition coefficient (Wildman–Crippen LogP) is 1.35. The highest BCUT2D eigenvalue weighted by atomic mass is 32.2. The van der Waals surface area contributed by atoms with E-state index < -0.39 is 10.0 Å². The lowest BCUT2D eigenvalue weighted by molar-refractivity contribution is -0.419. The maximum atomic E-state index is 13.0. The van der Waals surface area contributed by atoms with Crippen LogP contribution >= 0.6 is 12.2 Å². The van der Waals surface area contributed by atoms with E-state index in [2.05, 4.69) is 16.6 Å². The molecule has 0 fully saturated rings. The first-order valence-electron chi connectivity index (χ1n) is 8.15. The van der Waals surface area contributed by atoms with Crippen molar-refractivity contribution in [3.05, 3.63) is 65.9 Å². The van der Waals surface area contributed by atoms with Gasteiger partial charge in [0.15, 0.2) is 0 Å². The van der Waals surface area contributed by atoms with Gasteiger partial charge in [0, 0.05) is 18.1 Å². The summed E-state index contributed by atoms with van der Waals surface area (Å²) >= 11 is 5.00. The average molecular weight is 390 g/mol. The molecule has 2 aromatic carbocycles. The molecule has 0 radical (unpaired) electrons. The number of rotatable bonds is 5. The number of fused-ring (bicyclic) bond motifs is 1. The summed E-state index contributed by atoms with van der Waals surface area (Å²) in [4.78, 5) is 0.277. The van der Waals surface area contributed by atoms with Crippen LogP contribution in [0.3, 0.4) is 0 Å². The highest BCUT2D eigenvalue weighted by Crippen LogP contribution is 2.23. The second-order valence-electron chi connectivity index (χ2n) is 6.01. The molecule has 0 unspecified atom stereocenters. The number of hydrogen-bond donors (Lipinski definition) is 3. The molecule has 0 atom stereocenters. The van der Waals surface area contributed by atoms with Gasteiger partial charge in [0.25, 0.3) is 10.0 Å². The van der Waals surface area contributed by atoms with Crippen molar-refractivity contribution in [3.63, 3.8) is 0 Å². The summed E-state index contributed by atoms with van der Waals surface area (Å²) in [6.07, 6.45) is 2.32. The van der Waals surface area contributed by atoms with Crippen LogP contribution in [-0.4, -0.2) is 24.0 Å². The van der Waals surface area contributed by atoms with E-state index in [0.29, 0.717) is 23.6 Å². The molecule has 8 heteroatoms. The van der Waals surface area contributed by atoms with Gasteiger partial charge in [-0.2, -0.15) is 0 Å². The summed E-state index contributed by atoms with van der Waals surface area (Å²) in [6, 6.07) is 14.5. The van der Waals surface area contributed by atoms with Gasteiger partial charge < -0.3 is 5.32 Å². The van der Waals surface area contributed by atoms with Crippen molar-refractivity contribution in [2.45, 2.75) is 18.2 Å². The maximum Gasteiger partial charge on any atom is 0.268 e. The number of aromatic nitrogens is 1. The van der Waals surface area contributed by atoms with E-state index >= 15 is 0 Å². The number of hydrogen-bond acceptors (Lipinski definition) is 3. The Morgan fingerprint density at radius 1 is 1.15 bits per heavy atom. The lowest BCUT2D eigenvalue weighted by Crippen LogP contribution is -2.69. The lowest BCUT2D eigenvalue weighted by Gasteiger charge is -2.09. The Labute approximate surface area is 158 Å². The Bertz CT molecular complexity index is 1040. The first-order chi connectivity index (χ1) is 12.4. The van der Waals surface area contributed by atoms with Crippen LogP contribution in [0, 0.1) is 6.92 Å². The van der Waals surface area contributed by atoms with Crippen LogP contribution in [0.2, 0.25) is 0 Å². The van der Waals surface area contributed by atoms with E-state index in [1.807, 2.05) is 31.2 Å². The summed E-state index contributed by atoms with van der Waals surface area (Å²) in [5, 5.41) is 4.40. The first-order valence-corrected chi connectivity index (χ1v) is 10.00. The van der Waals surface area contributed by atoms with Crippen LogP contribution in [0.25, 0.3) is 10.9 Å². The van der Waals surface area contributed by atoms with E-state index in [4.69, 9.17) is 12.2 Å². The SMILES string of the molecule is Cc1ccc(S(=O)(=O)n2ccc3ccc(CCNC(=S)N[NH3+])cc32)cc1. The number of benzene rings is 2. The molecule has 26 heavy (non-hydrogen) atoms. The molecule has 136 valence electrons. The van der Waals surface area contributed by atoms with Gasteiger partial charge in [-0.05, 0) is 55.4 Å². The van der Waals surface area contributed by atoms with Gasteiger partial charge in [-0.15, -0.1) is 0 Å². The molecule has 0 amide bonds. The summed E-state index contributed by atoms with van der Waals surface area (Å²) in [5.74, 6) is 3.49. The molecule has 0 spiro atoms. The monoisotopic (exact) mass is 389 g/mol. The van der Waals surface area contributed by atoms with E-state index in [9.17, 15) is 8.42 Å². The summed E-state index contributed by atoms with van der Waals surface area (Å²) in [6.45, 7) is 2.57. The lowest BCUT2D eigenvalue weighted by atomic mass is 10.1. The fraction of sp³-hybridized carbons (Fsp3) is 0.167. The van der Waals surface area contributed by atoms with E-state index in [1.165, 1.54) is 3.97 Å². The van der Waals surface area contributed by atoms with Crippen LogP contribution in [0.15, 0.2) is 59.6 Å². The van der Waals surface area contributed by atoms with Gasteiger partial charge in [0.05, 0.1) is 10.4 Å². The minimum absolute atomic E-state index is 0.277. The molecule has 1 heterocycles. The Morgan fingerprint density at radius 2 is 1.88 bits per heavy atom. The Hall–Kier alpha value is -2.42. The maximum absolute atomic E-state index is 13.0. The molecule has 6 nitrogen and oxygen atoms in total. The number of nitrogens with zero attached hydrogens (tertiary/aromatic N) is 1. The molecule has 0 aliphatic rings. The van der Waals surface area contributed by atoms with Crippen molar-refractivity contribution < 1.29 is 14.3 Å². The van der Waals surface area contributed by atoms with Crippen LogP contribution in [0.4, 0.5) is 0 Å². The van der Waals surface area contributed by atoms with Crippen LogP contribution < -0.4 is 16.6 Å². The number of aryl methyl sites for hydroxylation is 1. The smallest absolute Gasteiger partial charge is 0.268 e. The zero-order valence-electron chi connectivity index (χ0n) is 14.4. The summed E-state index contributed by atoms with van der Waals surface area (Å²) in [5.41, 5.74) is 5.33. The molecule has 3 aromatic rings. The molecule has 5 N–H and O–H groups in total. The number of quaternary nitrogens is 1.